The van der Waals surface area contributed by atoms with Crippen molar-refractivity contribution in [3.05, 3.63) is 54.0 Å². The molecule has 0 saturated heterocycles. The number of hydrogen-bond donors (Lipinski definition) is 3. The van der Waals surface area contributed by atoms with Gasteiger partial charge in [-0.05, 0) is 43.7 Å². The third-order valence-corrected chi connectivity index (χ3v) is 3.29. The first-order valence-electron chi connectivity index (χ1n) is 7.94. The van der Waals surface area contributed by atoms with Crippen molar-refractivity contribution in [1.82, 2.24) is 10.7 Å². The summed E-state index contributed by atoms with van der Waals surface area (Å²) in [6.45, 7) is 3.72. The van der Waals surface area contributed by atoms with E-state index < -0.39 is 11.8 Å². The summed E-state index contributed by atoms with van der Waals surface area (Å²) in [5, 5.41) is 8.89. The molecule has 0 spiro atoms. The van der Waals surface area contributed by atoms with Gasteiger partial charge in [0.05, 0.1) is 19.2 Å². The summed E-state index contributed by atoms with van der Waals surface area (Å²) in [5.74, 6) is -1.40. The molecular weight excluding hydrogens is 336 g/mol. The second-order valence-electron chi connectivity index (χ2n) is 5.64. The highest BCUT2D eigenvalue weighted by atomic mass is 16.3. The van der Waals surface area contributed by atoms with Crippen molar-refractivity contribution in [3.8, 4) is 0 Å². The van der Waals surface area contributed by atoms with Crippen LogP contribution in [0, 0.1) is 6.92 Å². The summed E-state index contributed by atoms with van der Waals surface area (Å²) in [7, 11) is 0. The third kappa shape index (κ3) is 6.23. The molecule has 0 atom stereocenters. The molecule has 2 rings (SSSR count). The Morgan fingerprint density at radius 1 is 1.12 bits per heavy atom. The SMILES string of the molecule is C/C(CC(=O)NCc1ccco1)=N/NC(=O)C(=O)Nc1cccc(C)c1. The van der Waals surface area contributed by atoms with Crippen LogP contribution in [0.2, 0.25) is 0 Å². The number of aryl methyl sites for hydroxylation is 1. The molecule has 0 aliphatic carbocycles. The van der Waals surface area contributed by atoms with Crippen LogP contribution >= 0.6 is 0 Å². The summed E-state index contributed by atoms with van der Waals surface area (Å²) in [6.07, 6.45) is 1.51. The van der Waals surface area contributed by atoms with Crippen molar-refractivity contribution in [2.24, 2.45) is 5.10 Å². The number of amides is 3. The van der Waals surface area contributed by atoms with E-state index >= 15 is 0 Å². The molecular formula is C18H20N4O4. The fraction of sp³-hybridized carbons (Fsp3) is 0.222. The van der Waals surface area contributed by atoms with Gasteiger partial charge in [0.1, 0.15) is 5.76 Å². The molecule has 0 aliphatic heterocycles. The van der Waals surface area contributed by atoms with Gasteiger partial charge in [-0.1, -0.05) is 12.1 Å². The minimum atomic E-state index is -0.915. The summed E-state index contributed by atoms with van der Waals surface area (Å²) in [6, 6.07) is 10.5. The minimum absolute atomic E-state index is 0.0134. The van der Waals surface area contributed by atoms with Crippen molar-refractivity contribution in [2.75, 3.05) is 5.32 Å². The average molecular weight is 356 g/mol. The molecule has 3 N–H and O–H groups in total. The second kappa shape index (κ2) is 9.16. The summed E-state index contributed by atoms with van der Waals surface area (Å²) < 4.78 is 5.10. The van der Waals surface area contributed by atoms with Crippen molar-refractivity contribution in [1.29, 1.82) is 0 Å². The lowest BCUT2D eigenvalue weighted by molar-refractivity contribution is -0.136. The number of hydrogen-bond acceptors (Lipinski definition) is 5. The van der Waals surface area contributed by atoms with Gasteiger partial charge in [0.15, 0.2) is 0 Å². The Morgan fingerprint density at radius 2 is 1.92 bits per heavy atom. The topological polar surface area (TPSA) is 113 Å². The normalized spacial score (nSPS) is 10.9. The highest BCUT2D eigenvalue weighted by Gasteiger charge is 2.13. The predicted molar refractivity (Wildman–Crippen MR) is 96.2 cm³/mol. The van der Waals surface area contributed by atoms with E-state index in [0.717, 1.165) is 5.56 Å². The van der Waals surface area contributed by atoms with Gasteiger partial charge in [-0.2, -0.15) is 5.10 Å². The summed E-state index contributed by atoms with van der Waals surface area (Å²) >= 11 is 0. The van der Waals surface area contributed by atoms with Crippen molar-refractivity contribution in [3.63, 3.8) is 0 Å². The molecule has 136 valence electrons. The fourth-order valence-corrected chi connectivity index (χ4v) is 2.04. The molecule has 0 unspecified atom stereocenters. The average Bonchev–Trinajstić information content (AvgIpc) is 3.11. The van der Waals surface area contributed by atoms with Gasteiger partial charge in [-0.25, -0.2) is 5.43 Å². The number of hydrazone groups is 1. The van der Waals surface area contributed by atoms with E-state index in [0.29, 0.717) is 17.2 Å². The highest BCUT2D eigenvalue weighted by molar-refractivity contribution is 6.39. The first-order valence-corrected chi connectivity index (χ1v) is 7.94. The molecule has 0 fully saturated rings. The van der Waals surface area contributed by atoms with Crippen LogP contribution in [0.4, 0.5) is 5.69 Å². The number of nitrogens with zero attached hydrogens (tertiary/aromatic N) is 1. The number of carbonyl (C=O) groups excluding carboxylic acids is 3. The lowest BCUT2D eigenvalue weighted by atomic mass is 10.2. The summed E-state index contributed by atoms with van der Waals surface area (Å²) in [5.41, 5.74) is 3.96. The molecule has 8 heteroatoms. The van der Waals surface area contributed by atoms with Gasteiger partial charge in [-0.15, -0.1) is 0 Å². The first-order chi connectivity index (χ1) is 12.4. The Morgan fingerprint density at radius 3 is 2.62 bits per heavy atom. The zero-order chi connectivity index (χ0) is 18.9. The molecule has 1 heterocycles. The van der Waals surface area contributed by atoms with E-state index in [9.17, 15) is 14.4 Å². The van der Waals surface area contributed by atoms with Crippen LogP contribution < -0.4 is 16.1 Å². The summed E-state index contributed by atoms with van der Waals surface area (Å²) in [4.78, 5) is 35.3. The Balaban J connectivity index is 1.76. The van der Waals surface area contributed by atoms with Crippen LogP contribution in [0.3, 0.4) is 0 Å². The number of anilines is 1. The number of rotatable bonds is 6. The van der Waals surface area contributed by atoms with E-state index in [-0.39, 0.29) is 18.9 Å². The molecule has 1 aromatic heterocycles. The molecule has 2 aromatic rings. The minimum Gasteiger partial charge on any atom is -0.467 e. The van der Waals surface area contributed by atoms with E-state index in [4.69, 9.17) is 4.42 Å². The van der Waals surface area contributed by atoms with Crippen molar-refractivity contribution >= 4 is 29.1 Å². The van der Waals surface area contributed by atoms with Crippen molar-refractivity contribution in [2.45, 2.75) is 26.8 Å². The zero-order valence-corrected chi connectivity index (χ0v) is 14.5. The standard InChI is InChI=1S/C18H20N4O4/c1-12-5-3-6-14(9-12)20-17(24)18(25)22-21-13(2)10-16(23)19-11-15-7-4-8-26-15/h3-9H,10-11H2,1-2H3,(H,19,23)(H,20,24)(H,22,25)/b21-13-. The van der Waals surface area contributed by atoms with Crippen LogP contribution in [-0.4, -0.2) is 23.4 Å². The molecule has 1 aromatic carbocycles. The van der Waals surface area contributed by atoms with Crippen LogP contribution in [0.15, 0.2) is 52.2 Å². The molecule has 0 bridgehead atoms. The Bertz CT molecular complexity index is 812. The van der Waals surface area contributed by atoms with Crippen LogP contribution in [0.1, 0.15) is 24.7 Å². The maximum absolute atomic E-state index is 11.8. The van der Waals surface area contributed by atoms with Gasteiger partial charge in [0.25, 0.3) is 0 Å². The monoisotopic (exact) mass is 356 g/mol. The van der Waals surface area contributed by atoms with Crippen molar-refractivity contribution < 1.29 is 18.8 Å². The number of carbonyl (C=O) groups is 3. The van der Waals surface area contributed by atoms with Crippen LogP contribution in [-0.2, 0) is 20.9 Å². The van der Waals surface area contributed by atoms with E-state index in [1.165, 1.54) is 6.26 Å². The van der Waals surface area contributed by atoms with Gasteiger partial charge in [0.2, 0.25) is 5.91 Å². The predicted octanol–water partition coefficient (Wildman–Crippen LogP) is 1.73. The smallest absolute Gasteiger partial charge is 0.329 e. The molecule has 3 amide bonds. The third-order valence-electron chi connectivity index (χ3n) is 3.29. The number of nitrogens with one attached hydrogen (secondary N) is 3. The van der Waals surface area contributed by atoms with Crippen LogP contribution in [0.25, 0.3) is 0 Å². The van der Waals surface area contributed by atoms with Gasteiger partial charge in [-0.3, -0.25) is 14.4 Å². The maximum Gasteiger partial charge on any atom is 0.329 e. The number of benzene rings is 1. The van der Waals surface area contributed by atoms with Crippen LogP contribution in [0.5, 0.6) is 0 Å². The van der Waals surface area contributed by atoms with Gasteiger partial charge < -0.3 is 15.1 Å². The zero-order valence-electron chi connectivity index (χ0n) is 14.5. The Kier molecular flexibility index (Phi) is 6.67. The van der Waals surface area contributed by atoms with E-state index in [1.807, 2.05) is 13.0 Å². The Hall–Kier alpha value is -3.42. The first kappa shape index (κ1) is 18.9. The highest BCUT2D eigenvalue weighted by Crippen LogP contribution is 2.09. The lowest BCUT2D eigenvalue weighted by Crippen LogP contribution is -2.33. The fourth-order valence-electron chi connectivity index (χ4n) is 2.04. The molecule has 8 nitrogen and oxygen atoms in total. The second-order valence-corrected chi connectivity index (χ2v) is 5.64. The number of furan rings is 1. The largest absolute Gasteiger partial charge is 0.467 e. The molecule has 0 saturated carbocycles. The molecule has 26 heavy (non-hydrogen) atoms. The quantitative estimate of drug-likeness (QED) is 0.415. The maximum atomic E-state index is 11.8. The van der Waals surface area contributed by atoms with E-state index in [1.54, 1.807) is 37.3 Å². The Labute approximate surface area is 150 Å². The molecule has 0 radical (unpaired) electrons. The van der Waals surface area contributed by atoms with Gasteiger partial charge in [0, 0.05) is 11.4 Å². The lowest BCUT2D eigenvalue weighted by Gasteiger charge is -2.06. The van der Waals surface area contributed by atoms with E-state index in [2.05, 4.69) is 21.2 Å². The molecule has 0 aliphatic rings. The van der Waals surface area contributed by atoms with Gasteiger partial charge >= 0.3 is 11.8 Å².